The van der Waals surface area contributed by atoms with Crippen LogP contribution in [0, 0.1) is 6.92 Å². The van der Waals surface area contributed by atoms with Crippen molar-refractivity contribution in [3.8, 4) is 0 Å². The molecule has 0 saturated heterocycles. The SMILES string of the molecule is Cc1ccc[n+](CC(=O)c2nc3ccccc3[nH]2)c1. The molecule has 1 aromatic carbocycles. The molecular weight excluding hydrogens is 238 g/mol. The van der Waals surface area contributed by atoms with Crippen molar-refractivity contribution in [1.29, 1.82) is 0 Å². The van der Waals surface area contributed by atoms with Gasteiger partial charge in [0, 0.05) is 11.6 Å². The molecule has 2 heterocycles. The summed E-state index contributed by atoms with van der Waals surface area (Å²) in [6.45, 7) is 2.30. The zero-order valence-electron chi connectivity index (χ0n) is 10.6. The van der Waals surface area contributed by atoms with E-state index in [1.165, 1.54) is 0 Å². The van der Waals surface area contributed by atoms with Crippen molar-refractivity contribution in [2.75, 3.05) is 0 Å². The van der Waals surface area contributed by atoms with Gasteiger partial charge in [-0.15, -0.1) is 0 Å². The zero-order valence-corrected chi connectivity index (χ0v) is 10.6. The van der Waals surface area contributed by atoms with Crippen molar-refractivity contribution in [3.05, 3.63) is 60.2 Å². The number of aromatic nitrogens is 3. The van der Waals surface area contributed by atoms with Crippen LogP contribution in [0.5, 0.6) is 0 Å². The third-order valence-corrected chi connectivity index (χ3v) is 2.99. The Bertz CT molecular complexity index is 713. The van der Waals surface area contributed by atoms with Crippen LogP contribution in [-0.2, 0) is 6.54 Å². The molecule has 0 bridgehead atoms. The Morgan fingerprint density at radius 1 is 1.26 bits per heavy atom. The van der Waals surface area contributed by atoms with Crippen LogP contribution in [-0.4, -0.2) is 15.8 Å². The van der Waals surface area contributed by atoms with E-state index in [4.69, 9.17) is 0 Å². The molecule has 0 amide bonds. The van der Waals surface area contributed by atoms with Crippen molar-refractivity contribution in [2.24, 2.45) is 0 Å². The predicted octanol–water partition coefficient (Wildman–Crippen LogP) is 2.04. The first-order valence-electron chi connectivity index (χ1n) is 6.16. The Morgan fingerprint density at radius 3 is 2.89 bits per heavy atom. The topological polar surface area (TPSA) is 49.6 Å². The van der Waals surface area contributed by atoms with E-state index < -0.39 is 0 Å². The van der Waals surface area contributed by atoms with Gasteiger partial charge in [0.1, 0.15) is 0 Å². The minimum Gasteiger partial charge on any atom is -0.335 e. The number of benzene rings is 1. The summed E-state index contributed by atoms with van der Waals surface area (Å²) in [6.07, 6.45) is 3.83. The van der Waals surface area contributed by atoms with E-state index in [9.17, 15) is 4.79 Å². The number of ketones is 1. The van der Waals surface area contributed by atoms with E-state index in [0.29, 0.717) is 12.4 Å². The highest BCUT2D eigenvalue weighted by molar-refractivity contribution is 5.94. The number of fused-ring (bicyclic) bond motifs is 1. The monoisotopic (exact) mass is 252 g/mol. The number of carbonyl (C=O) groups excluding carboxylic acids is 1. The molecule has 3 aromatic rings. The second-order valence-corrected chi connectivity index (χ2v) is 4.58. The Kier molecular flexibility index (Phi) is 2.83. The standard InChI is InChI=1S/C15H13N3O/c1-11-5-4-8-18(9-11)10-14(19)15-16-12-6-2-3-7-13(12)17-15/h2-9H,10H2,1H3/p+1. The summed E-state index contributed by atoms with van der Waals surface area (Å²) in [7, 11) is 0. The number of H-pyrrole nitrogens is 1. The van der Waals surface area contributed by atoms with Crippen LogP contribution >= 0.6 is 0 Å². The Hall–Kier alpha value is -2.49. The smallest absolute Gasteiger partial charge is 0.262 e. The van der Waals surface area contributed by atoms with Gasteiger partial charge < -0.3 is 4.98 Å². The lowest BCUT2D eigenvalue weighted by Gasteiger charge is -1.95. The van der Waals surface area contributed by atoms with Crippen molar-refractivity contribution in [1.82, 2.24) is 9.97 Å². The minimum atomic E-state index is -0.0215. The normalized spacial score (nSPS) is 10.8. The molecular formula is C15H14N3O+. The maximum Gasteiger partial charge on any atom is 0.262 e. The molecule has 0 atom stereocenters. The Morgan fingerprint density at radius 2 is 2.11 bits per heavy atom. The molecule has 19 heavy (non-hydrogen) atoms. The average molecular weight is 252 g/mol. The first-order chi connectivity index (χ1) is 9.22. The van der Waals surface area contributed by atoms with Gasteiger partial charge in [0.2, 0.25) is 6.54 Å². The Labute approximate surface area is 110 Å². The van der Waals surface area contributed by atoms with Crippen molar-refractivity contribution >= 4 is 16.8 Å². The van der Waals surface area contributed by atoms with E-state index in [-0.39, 0.29) is 5.78 Å². The zero-order chi connectivity index (χ0) is 13.2. The molecule has 0 aliphatic heterocycles. The maximum atomic E-state index is 12.2. The maximum absolute atomic E-state index is 12.2. The molecule has 0 aliphatic rings. The number of pyridine rings is 1. The lowest BCUT2D eigenvalue weighted by Crippen LogP contribution is -2.37. The van der Waals surface area contributed by atoms with Gasteiger partial charge in [-0.1, -0.05) is 12.1 Å². The molecule has 0 saturated carbocycles. The van der Waals surface area contributed by atoms with Crippen LogP contribution in [0.4, 0.5) is 0 Å². The number of para-hydroxylation sites is 2. The van der Waals surface area contributed by atoms with E-state index in [0.717, 1.165) is 16.6 Å². The molecule has 1 N–H and O–H groups in total. The third kappa shape index (κ3) is 2.38. The molecule has 4 nitrogen and oxygen atoms in total. The highest BCUT2D eigenvalue weighted by Gasteiger charge is 2.16. The number of aromatic amines is 1. The molecule has 3 rings (SSSR count). The number of Topliss-reactive ketones (excluding diaryl/α,β-unsaturated/α-hetero) is 1. The average Bonchev–Trinajstić information content (AvgIpc) is 2.82. The molecule has 0 fully saturated rings. The van der Waals surface area contributed by atoms with Crippen LogP contribution < -0.4 is 4.57 Å². The van der Waals surface area contributed by atoms with Crippen molar-refractivity contribution < 1.29 is 9.36 Å². The fourth-order valence-corrected chi connectivity index (χ4v) is 2.08. The fraction of sp³-hybridized carbons (Fsp3) is 0.133. The van der Waals surface area contributed by atoms with Crippen LogP contribution in [0.25, 0.3) is 11.0 Å². The molecule has 0 spiro atoms. The van der Waals surface area contributed by atoms with Gasteiger partial charge in [0.15, 0.2) is 18.2 Å². The number of hydrogen-bond donors (Lipinski definition) is 1. The molecule has 0 unspecified atom stereocenters. The molecule has 94 valence electrons. The van der Waals surface area contributed by atoms with E-state index in [1.54, 1.807) is 0 Å². The highest BCUT2D eigenvalue weighted by atomic mass is 16.1. The molecule has 0 aliphatic carbocycles. The van der Waals surface area contributed by atoms with Gasteiger partial charge in [-0.2, -0.15) is 4.57 Å². The van der Waals surface area contributed by atoms with Crippen LogP contribution in [0.2, 0.25) is 0 Å². The summed E-state index contributed by atoms with van der Waals surface area (Å²) in [4.78, 5) is 19.5. The summed E-state index contributed by atoms with van der Waals surface area (Å²) in [6, 6.07) is 11.6. The summed E-state index contributed by atoms with van der Waals surface area (Å²) >= 11 is 0. The lowest BCUT2D eigenvalue weighted by atomic mass is 10.3. The molecule has 4 heteroatoms. The quantitative estimate of drug-likeness (QED) is 0.573. The van der Waals surface area contributed by atoms with Gasteiger partial charge in [-0.3, -0.25) is 4.79 Å². The third-order valence-electron chi connectivity index (χ3n) is 2.99. The van der Waals surface area contributed by atoms with E-state index >= 15 is 0 Å². The number of imidazole rings is 1. The largest absolute Gasteiger partial charge is 0.335 e. The Balaban J connectivity index is 1.87. The first kappa shape index (κ1) is 11.6. The van der Waals surface area contributed by atoms with Crippen molar-refractivity contribution in [2.45, 2.75) is 13.5 Å². The van der Waals surface area contributed by atoms with Gasteiger partial charge >= 0.3 is 0 Å². The number of nitrogens with one attached hydrogen (secondary N) is 1. The van der Waals surface area contributed by atoms with Gasteiger partial charge in [0.05, 0.1) is 11.0 Å². The summed E-state index contributed by atoms with van der Waals surface area (Å²) in [5.41, 5.74) is 2.83. The fourth-order valence-electron chi connectivity index (χ4n) is 2.08. The first-order valence-corrected chi connectivity index (χ1v) is 6.16. The lowest BCUT2D eigenvalue weighted by molar-refractivity contribution is -0.683. The minimum absolute atomic E-state index is 0.0215. The van der Waals surface area contributed by atoms with Crippen molar-refractivity contribution in [3.63, 3.8) is 0 Å². The van der Waals surface area contributed by atoms with E-state index in [1.807, 2.05) is 60.3 Å². The van der Waals surface area contributed by atoms with Gasteiger partial charge in [-0.25, -0.2) is 4.98 Å². The number of hydrogen-bond acceptors (Lipinski definition) is 2. The predicted molar refractivity (Wildman–Crippen MR) is 71.8 cm³/mol. The second-order valence-electron chi connectivity index (χ2n) is 4.58. The van der Waals surface area contributed by atoms with Gasteiger partial charge in [0.25, 0.3) is 5.78 Å². The summed E-state index contributed by atoms with van der Waals surface area (Å²) < 4.78 is 1.87. The van der Waals surface area contributed by atoms with Crippen LogP contribution in [0.3, 0.4) is 0 Å². The van der Waals surface area contributed by atoms with Crippen LogP contribution in [0.1, 0.15) is 16.2 Å². The second kappa shape index (κ2) is 4.65. The number of nitrogens with zero attached hydrogens (tertiary/aromatic N) is 2. The summed E-state index contributed by atoms with van der Waals surface area (Å²) in [5.74, 6) is 0.391. The molecule has 2 aromatic heterocycles. The number of rotatable bonds is 3. The van der Waals surface area contributed by atoms with Crippen LogP contribution in [0.15, 0.2) is 48.8 Å². The summed E-state index contributed by atoms with van der Waals surface area (Å²) in [5, 5.41) is 0. The number of carbonyl (C=O) groups is 1. The number of aryl methyl sites for hydroxylation is 1. The van der Waals surface area contributed by atoms with Gasteiger partial charge in [-0.05, 0) is 25.1 Å². The van der Waals surface area contributed by atoms with E-state index in [2.05, 4.69) is 9.97 Å². The highest BCUT2D eigenvalue weighted by Crippen LogP contribution is 2.10. The molecule has 0 radical (unpaired) electrons.